The summed E-state index contributed by atoms with van der Waals surface area (Å²) < 4.78 is 9.63. The minimum absolute atomic E-state index is 0.181. The summed E-state index contributed by atoms with van der Waals surface area (Å²) in [5, 5.41) is 8.99. The summed E-state index contributed by atoms with van der Waals surface area (Å²) in [6.45, 7) is 5.67. The van der Waals surface area contributed by atoms with Crippen molar-refractivity contribution in [3.05, 3.63) is 24.3 Å². The number of rotatable bonds is 3. The highest BCUT2D eigenvalue weighted by molar-refractivity contribution is 5.37. The average molecular weight is 198 g/mol. The van der Waals surface area contributed by atoms with Gasteiger partial charge in [0.25, 0.3) is 0 Å². The van der Waals surface area contributed by atoms with E-state index < -0.39 is 0 Å². The van der Waals surface area contributed by atoms with Gasteiger partial charge in [0.15, 0.2) is 11.5 Å². The van der Waals surface area contributed by atoms with Gasteiger partial charge in [0.05, 0.1) is 7.11 Å². The molecule has 0 heterocycles. The molecular formula is C11H18O3. The maximum Gasteiger partial charge on any atom is 0.160 e. The van der Waals surface area contributed by atoms with Crippen molar-refractivity contribution in [3.63, 3.8) is 0 Å². The second kappa shape index (κ2) is 8.38. The van der Waals surface area contributed by atoms with Gasteiger partial charge in [-0.05, 0) is 26.0 Å². The Morgan fingerprint density at radius 1 is 1.14 bits per heavy atom. The first kappa shape index (κ1) is 12.8. The van der Waals surface area contributed by atoms with E-state index in [4.69, 9.17) is 14.6 Å². The molecule has 0 atom stereocenters. The first-order valence-electron chi connectivity index (χ1n) is 4.65. The van der Waals surface area contributed by atoms with Crippen LogP contribution in [0.4, 0.5) is 0 Å². The van der Waals surface area contributed by atoms with Crippen LogP contribution in [0.3, 0.4) is 0 Å². The summed E-state index contributed by atoms with van der Waals surface area (Å²) >= 11 is 0. The number of ether oxygens (including phenoxy) is 2. The van der Waals surface area contributed by atoms with Crippen LogP contribution in [0.15, 0.2) is 24.3 Å². The Balaban J connectivity index is 0.000000292. The number of aromatic hydroxyl groups is 1. The molecule has 0 aromatic heterocycles. The quantitative estimate of drug-likeness (QED) is 0.810. The summed E-state index contributed by atoms with van der Waals surface area (Å²) in [6.07, 6.45) is 0. The fourth-order valence-electron chi connectivity index (χ4n) is 0.834. The van der Waals surface area contributed by atoms with Crippen LogP contribution in [0.25, 0.3) is 0 Å². The van der Waals surface area contributed by atoms with Gasteiger partial charge in [-0.3, -0.25) is 0 Å². The average Bonchev–Trinajstić information content (AvgIpc) is 2.21. The number of phenolic OH excluding ortho intramolecular Hbond substituents is 1. The summed E-state index contributed by atoms with van der Waals surface area (Å²) in [6, 6.07) is 6.84. The molecule has 0 fully saturated rings. The van der Waals surface area contributed by atoms with Gasteiger partial charge < -0.3 is 14.6 Å². The Labute approximate surface area is 85.3 Å². The SMILES string of the molecule is CCOCC.COc1ccccc1O. The van der Waals surface area contributed by atoms with E-state index in [0.29, 0.717) is 5.75 Å². The second-order valence-electron chi connectivity index (χ2n) is 2.45. The highest BCUT2D eigenvalue weighted by Gasteiger charge is 1.94. The Morgan fingerprint density at radius 2 is 1.71 bits per heavy atom. The van der Waals surface area contributed by atoms with Crippen LogP contribution in [0, 0.1) is 0 Å². The first-order chi connectivity index (χ1) is 6.76. The molecule has 0 amide bonds. The van der Waals surface area contributed by atoms with Crippen molar-refractivity contribution in [1.29, 1.82) is 0 Å². The normalized spacial score (nSPS) is 8.79. The van der Waals surface area contributed by atoms with E-state index in [0.717, 1.165) is 13.2 Å². The fraction of sp³-hybridized carbons (Fsp3) is 0.455. The lowest BCUT2D eigenvalue weighted by molar-refractivity contribution is 0.162. The summed E-state index contributed by atoms with van der Waals surface area (Å²) in [5.74, 6) is 0.692. The summed E-state index contributed by atoms with van der Waals surface area (Å²) in [5.41, 5.74) is 0. The molecule has 14 heavy (non-hydrogen) atoms. The van der Waals surface area contributed by atoms with Crippen LogP contribution in [0.1, 0.15) is 13.8 Å². The summed E-state index contributed by atoms with van der Waals surface area (Å²) in [7, 11) is 1.52. The van der Waals surface area contributed by atoms with Gasteiger partial charge in [-0.1, -0.05) is 12.1 Å². The third kappa shape index (κ3) is 5.43. The van der Waals surface area contributed by atoms with Gasteiger partial charge in [0.1, 0.15) is 0 Å². The molecule has 0 bridgehead atoms. The lowest BCUT2D eigenvalue weighted by atomic mass is 10.3. The van der Waals surface area contributed by atoms with Crippen LogP contribution in [-0.4, -0.2) is 25.4 Å². The molecule has 0 aliphatic heterocycles. The number of para-hydroxylation sites is 2. The molecule has 0 saturated carbocycles. The molecular weight excluding hydrogens is 180 g/mol. The topological polar surface area (TPSA) is 38.7 Å². The third-order valence-corrected chi connectivity index (χ3v) is 1.49. The fourth-order valence-corrected chi connectivity index (χ4v) is 0.834. The van der Waals surface area contributed by atoms with Crippen molar-refractivity contribution in [2.75, 3.05) is 20.3 Å². The predicted molar refractivity (Wildman–Crippen MR) is 56.8 cm³/mol. The molecule has 0 aliphatic carbocycles. The minimum Gasteiger partial charge on any atom is -0.504 e. The first-order valence-corrected chi connectivity index (χ1v) is 4.65. The Morgan fingerprint density at radius 3 is 2.00 bits per heavy atom. The Kier molecular flexibility index (Phi) is 7.65. The van der Waals surface area contributed by atoms with Gasteiger partial charge in [-0.15, -0.1) is 0 Å². The van der Waals surface area contributed by atoms with E-state index in [1.807, 2.05) is 13.8 Å². The number of phenols is 1. The Bertz CT molecular complexity index is 234. The maximum absolute atomic E-state index is 8.99. The predicted octanol–water partition coefficient (Wildman–Crippen LogP) is 2.44. The molecule has 0 aliphatic rings. The van der Waals surface area contributed by atoms with Crippen LogP contribution < -0.4 is 4.74 Å². The molecule has 0 saturated heterocycles. The lowest BCUT2D eigenvalue weighted by Gasteiger charge is -1.99. The number of hydrogen-bond donors (Lipinski definition) is 1. The third-order valence-electron chi connectivity index (χ3n) is 1.49. The van der Waals surface area contributed by atoms with Gasteiger partial charge in [0, 0.05) is 13.2 Å². The van der Waals surface area contributed by atoms with E-state index in [2.05, 4.69) is 0 Å². The number of hydrogen-bond acceptors (Lipinski definition) is 3. The molecule has 0 spiro atoms. The van der Waals surface area contributed by atoms with Gasteiger partial charge >= 0.3 is 0 Å². The van der Waals surface area contributed by atoms with Crippen LogP contribution in [-0.2, 0) is 4.74 Å². The van der Waals surface area contributed by atoms with E-state index in [9.17, 15) is 0 Å². The second-order valence-corrected chi connectivity index (χ2v) is 2.45. The highest BCUT2D eigenvalue weighted by Crippen LogP contribution is 2.22. The van der Waals surface area contributed by atoms with Crippen molar-refractivity contribution in [2.45, 2.75) is 13.8 Å². The number of methoxy groups -OCH3 is 1. The van der Waals surface area contributed by atoms with E-state index in [1.54, 1.807) is 24.3 Å². The van der Waals surface area contributed by atoms with Crippen molar-refractivity contribution >= 4 is 0 Å². The van der Waals surface area contributed by atoms with Gasteiger partial charge in [0.2, 0.25) is 0 Å². The molecule has 1 N–H and O–H groups in total. The molecule has 0 unspecified atom stereocenters. The highest BCUT2D eigenvalue weighted by atomic mass is 16.5. The van der Waals surface area contributed by atoms with E-state index in [-0.39, 0.29) is 5.75 Å². The number of benzene rings is 1. The summed E-state index contributed by atoms with van der Waals surface area (Å²) in [4.78, 5) is 0. The van der Waals surface area contributed by atoms with Crippen molar-refractivity contribution in [1.82, 2.24) is 0 Å². The largest absolute Gasteiger partial charge is 0.504 e. The monoisotopic (exact) mass is 198 g/mol. The van der Waals surface area contributed by atoms with E-state index in [1.165, 1.54) is 7.11 Å². The molecule has 1 rings (SSSR count). The van der Waals surface area contributed by atoms with Gasteiger partial charge in [-0.25, -0.2) is 0 Å². The molecule has 3 nitrogen and oxygen atoms in total. The van der Waals surface area contributed by atoms with Crippen molar-refractivity contribution in [3.8, 4) is 11.5 Å². The van der Waals surface area contributed by atoms with E-state index >= 15 is 0 Å². The van der Waals surface area contributed by atoms with Crippen LogP contribution in [0.2, 0.25) is 0 Å². The zero-order chi connectivity index (χ0) is 10.8. The zero-order valence-electron chi connectivity index (χ0n) is 8.99. The Hall–Kier alpha value is -1.22. The van der Waals surface area contributed by atoms with Gasteiger partial charge in [-0.2, -0.15) is 0 Å². The van der Waals surface area contributed by atoms with Crippen LogP contribution in [0.5, 0.6) is 11.5 Å². The van der Waals surface area contributed by atoms with Crippen LogP contribution >= 0.6 is 0 Å². The zero-order valence-corrected chi connectivity index (χ0v) is 8.99. The molecule has 1 aromatic rings. The molecule has 0 radical (unpaired) electrons. The molecule has 80 valence electrons. The smallest absolute Gasteiger partial charge is 0.160 e. The van der Waals surface area contributed by atoms with Crippen molar-refractivity contribution in [2.24, 2.45) is 0 Å². The lowest BCUT2D eigenvalue weighted by Crippen LogP contribution is -1.84. The molecule has 1 aromatic carbocycles. The van der Waals surface area contributed by atoms with Crippen molar-refractivity contribution < 1.29 is 14.6 Å². The molecule has 3 heteroatoms. The minimum atomic E-state index is 0.181. The maximum atomic E-state index is 8.99. The standard InChI is InChI=1S/C7H8O2.C4H10O/c1-9-7-5-3-2-4-6(7)8;1-3-5-4-2/h2-5,8H,1H3;3-4H2,1-2H3.